The number of hydrogen-bond acceptors (Lipinski definition) is 4. The standard InChI is InChI=1S/C22H18F2N6/c1-4-17-27-28-21-22(2,3)26-15-9-14(23)19(18(24)20(15)30(17)21)29-11-12(10-25)13-7-5-6-8-16(13)29/h5-9,11,26H,4H2,1-3H3. The van der Waals surface area contributed by atoms with Gasteiger partial charge in [-0.25, -0.2) is 8.78 Å². The molecule has 0 amide bonds. The van der Waals surface area contributed by atoms with Crippen molar-refractivity contribution < 1.29 is 8.78 Å². The Morgan fingerprint density at radius 1 is 1.17 bits per heavy atom. The van der Waals surface area contributed by atoms with Crippen molar-refractivity contribution in [3.8, 4) is 17.4 Å². The third kappa shape index (κ3) is 2.32. The summed E-state index contributed by atoms with van der Waals surface area (Å²) < 4.78 is 34.3. The van der Waals surface area contributed by atoms with Gasteiger partial charge in [-0.1, -0.05) is 25.1 Å². The van der Waals surface area contributed by atoms with Gasteiger partial charge in [-0.3, -0.25) is 4.57 Å². The highest BCUT2D eigenvalue weighted by molar-refractivity contribution is 5.88. The van der Waals surface area contributed by atoms with Crippen molar-refractivity contribution in [3.05, 3.63) is 65.4 Å². The molecule has 1 aliphatic rings. The summed E-state index contributed by atoms with van der Waals surface area (Å²) in [5, 5.41) is 21.7. The number of benzene rings is 2. The minimum absolute atomic E-state index is 0.180. The molecule has 0 fully saturated rings. The lowest BCUT2D eigenvalue weighted by Gasteiger charge is -2.34. The maximum absolute atomic E-state index is 16.0. The molecule has 0 bridgehead atoms. The number of halogens is 2. The lowest BCUT2D eigenvalue weighted by atomic mass is 9.99. The van der Waals surface area contributed by atoms with Gasteiger partial charge >= 0.3 is 0 Å². The molecule has 6 nitrogen and oxygen atoms in total. The predicted molar refractivity (Wildman–Crippen MR) is 109 cm³/mol. The number of aryl methyl sites for hydroxylation is 1. The molecule has 1 aliphatic heterocycles. The van der Waals surface area contributed by atoms with E-state index in [2.05, 4.69) is 21.6 Å². The van der Waals surface area contributed by atoms with E-state index in [-0.39, 0.29) is 11.4 Å². The van der Waals surface area contributed by atoms with Crippen LogP contribution in [0.25, 0.3) is 22.3 Å². The molecule has 30 heavy (non-hydrogen) atoms. The van der Waals surface area contributed by atoms with E-state index in [1.165, 1.54) is 16.8 Å². The SMILES string of the molecule is CCc1nnc2n1-c1c(cc(F)c(-n3cc(C#N)c4ccccc43)c1F)NC2(C)C. The maximum atomic E-state index is 16.0. The molecule has 150 valence electrons. The third-order valence-electron chi connectivity index (χ3n) is 5.52. The zero-order chi connectivity index (χ0) is 21.2. The van der Waals surface area contributed by atoms with E-state index in [4.69, 9.17) is 0 Å². The van der Waals surface area contributed by atoms with E-state index in [0.717, 1.165) is 0 Å². The van der Waals surface area contributed by atoms with Crippen LogP contribution in [-0.4, -0.2) is 19.3 Å². The number of para-hydroxylation sites is 1. The molecule has 5 rings (SSSR count). The first-order valence-corrected chi connectivity index (χ1v) is 9.63. The van der Waals surface area contributed by atoms with Crippen LogP contribution in [0.15, 0.2) is 36.5 Å². The van der Waals surface area contributed by atoms with Gasteiger partial charge in [-0.15, -0.1) is 10.2 Å². The van der Waals surface area contributed by atoms with Gasteiger partial charge in [0.2, 0.25) is 0 Å². The number of nitrogens with zero attached hydrogens (tertiary/aromatic N) is 5. The van der Waals surface area contributed by atoms with E-state index in [0.29, 0.717) is 40.2 Å². The summed E-state index contributed by atoms with van der Waals surface area (Å²) in [6.07, 6.45) is 2.01. The molecule has 1 N–H and O–H groups in total. The van der Waals surface area contributed by atoms with Crippen molar-refractivity contribution in [3.63, 3.8) is 0 Å². The lowest BCUT2D eigenvalue weighted by molar-refractivity contribution is 0.511. The van der Waals surface area contributed by atoms with Crippen molar-refractivity contribution in [1.82, 2.24) is 19.3 Å². The lowest BCUT2D eigenvalue weighted by Crippen LogP contribution is -2.36. The van der Waals surface area contributed by atoms with Crippen molar-refractivity contribution in [2.75, 3.05) is 5.32 Å². The van der Waals surface area contributed by atoms with E-state index < -0.39 is 17.2 Å². The average Bonchev–Trinajstić information content (AvgIpc) is 3.30. The summed E-state index contributed by atoms with van der Waals surface area (Å²) in [6.45, 7) is 5.68. The molecule has 8 heteroatoms. The first-order chi connectivity index (χ1) is 14.4. The minimum Gasteiger partial charge on any atom is -0.371 e. The largest absolute Gasteiger partial charge is 0.371 e. The average molecular weight is 404 g/mol. The molecular formula is C22H18F2N6. The Kier molecular flexibility index (Phi) is 3.74. The Labute approximate surface area is 171 Å². The molecule has 2 aromatic carbocycles. The molecule has 0 saturated heterocycles. The van der Waals surface area contributed by atoms with Gasteiger partial charge in [0.05, 0.1) is 22.3 Å². The molecule has 0 aliphatic carbocycles. The fourth-order valence-corrected chi connectivity index (χ4v) is 4.16. The first kappa shape index (κ1) is 18.3. The molecular weight excluding hydrogens is 386 g/mol. The summed E-state index contributed by atoms with van der Waals surface area (Å²) in [6, 6.07) is 10.4. The van der Waals surface area contributed by atoms with E-state index >= 15 is 8.78 Å². The Bertz CT molecular complexity index is 1370. The zero-order valence-corrected chi connectivity index (χ0v) is 16.7. The number of fused-ring (bicyclic) bond motifs is 4. The summed E-state index contributed by atoms with van der Waals surface area (Å²) in [5.74, 6) is -0.325. The highest BCUT2D eigenvalue weighted by Gasteiger charge is 2.37. The van der Waals surface area contributed by atoms with Crippen LogP contribution in [0, 0.1) is 23.0 Å². The van der Waals surface area contributed by atoms with Gasteiger partial charge in [0, 0.05) is 24.1 Å². The Balaban J connectivity index is 1.86. The van der Waals surface area contributed by atoms with Crippen LogP contribution in [0.4, 0.5) is 14.5 Å². The van der Waals surface area contributed by atoms with E-state index in [1.54, 1.807) is 28.8 Å². The number of nitriles is 1. The molecule has 0 atom stereocenters. The van der Waals surface area contributed by atoms with Gasteiger partial charge < -0.3 is 9.88 Å². The Morgan fingerprint density at radius 2 is 1.93 bits per heavy atom. The van der Waals surface area contributed by atoms with Crippen LogP contribution < -0.4 is 5.32 Å². The van der Waals surface area contributed by atoms with Crippen LogP contribution >= 0.6 is 0 Å². The van der Waals surface area contributed by atoms with Crippen LogP contribution in [-0.2, 0) is 12.0 Å². The third-order valence-corrected chi connectivity index (χ3v) is 5.52. The van der Waals surface area contributed by atoms with Crippen LogP contribution in [0.3, 0.4) is 0 Å². The number of anilines is 1. The van der Waals surface area contributed by atoms with Crippen molar-refractivity contribution in [1.29, 1.82) is 5.26 Å². The van der Waals surface area contributed by atoms with Crippen molar-refractivity contribution in [2.24, 2.45) is 0 Å². The van der Waals surface area contributed by atoms with Crippen molar-refractivity contribution >= 4 is 16.6 Å². The summed E-state index contributed by atoms with van der Waals surface area (Å²) in [7, 11) is 0. The zero-order valence-electron chi connectivity index (χ0n) is 16.7. The smallest absolute Gasteiger partial charge is 0.176 e. The second kappa shape index (κ2) is 6.13. The van der Waals surface area contributed by atoms with Gasteiger partial charge in [0.25, 0.3) is 0 Å². The molecule has 3 heterocycles. The van der Waals surface area contributed by atoms with Crippen LogP contribution in [0.1, 0.15) is 38.0 Å². The molecule has 2 aromatic heterocycles. The molecule has 0 saturated carbocycles. The summed E-state index contributed by atoms with van der Waals surface area (Å²) >= 11 is 0. The van der Waals surface area contributed by atoms with Gasteiger partial charge in [-0.2, -0.15) is 5.26 Å². The molecule has 0 unspecified atom stereocenters. The second-order valence-electron chi connectivity index (χ2n) is 7.84. The van der Waals surface area contributed by atoms with Gasteiger partial charge in [0.1, 0.15) is 23.3 Å². The first-order valence-electron chi connectivity index (χ1n) is 9.63. The number of hydrogen-bond donors (Lipinski definition) is 1. The van der Waals surface area contributed by atoms with E-state index in [1.807, 2.05) is 20.8 Å². The van der Waals surface area contributed by atoms with Crippen LogP contribution in [0.2, 0.25) is 0 Å². The van der Waals surface area contributed by atoms with E-state index in [9.17, 15) is 5.26 Å². The van der Waals surface area contributed by atoms with Gasteiger partial charge in [0.15, 0.2) is 17.5 Å². The summed E-state index contributed by atoms with van der Waals surface area (Å²) in [4.78, 5) is 0. The second-order valence-corrected chi connectivity index (χ2v) is 7.84. The highest BCUT2D eigenvalue weighted by Crippen LogP contribution is 2.41. The van der Waals surface area contributed by atoms with Crippen LogP contribution in [0.5, 0.6) is 0 Å². The number of rotatable bonds is 2. The fraction of sp³-hybridized carbons (Fsp3) is 0.227. The highest BCUT2D eigenvalue weighted by atomic mass is 19.1. The minimum atomic E-state index is -0.742. The molecule has 4 aromatic rings. The Hall–Kier alpha value is -3.73. The molecule has 0 radical (unpaired) electrons. The van der Waals surface area contributed by atoms with Gasteiger partial charge in [-0.05, 0) is 19.9 Å². The summed E-state index contributed by atoms with van der Waals surface area (Å²) in [5.41, 5.74) is 0.518. The number of aromatic nitrogens is 4. The normalized spacial score (nSPS) is 14.1. The monoisotopic (exact) mass is 404 g/mol. The number of nitrogens with one attached hydrogen (secondary N) is 1. The maximum Gasteiger partial charge on any atom is 0.176 e. The Morgan fingerprint density at radius 3 is 2.67 bits per heavy atom. The quantitative estimate of drug-likeness (QED) is 0.531. The van der Waals surface area contributed by atoms with Crippen molar-refractivity contribution in [2.45, 2.75) is 32.7 Å². The molecule has 0 spiro atoms. The topological polar surface area (TPSA) is 71.5 Å². The fourth-order valence-electron chi connectivity index (χ4n) is 4.16. The predicted octanol–water partition coefficient (Wildman–Crippen LogP) is 4.58.